The van der Waals surface area contributed by atoms with Gasteiger partial charge in [0.25, 0.3) is 0 Å². The van der Waals surface area contributed by atoms with Crippen molar-refractivity contribution in [1.82, 2.24) is 19.9 Å². The van der Waals surface area contributed by atoms with Crippen molar-refractivity contribution in [3.05, 3.63) is 34.6 Å². The van der Waals surface area contributed by atoms with Crippen LogP contribution in [0.15, 0.2) is 18.2 Å². The molecule has 0 radical (unpaired) electrons. The molecular weight excluding hydrogens is 308 g/mol. The van der Waals surface area contributed by atoms with Crippen LogP contribution < -0.4 is 11.1 Å². The van der Waals surface area contributed by atoms with E-state index in [9.17, 15) is 0 Å². The highest BCUT2D eigenvalue weighted by Gasteiger charge is 2.15. The number of nitrogens with two attached hydrogens (primary N) is 1. The van der Waals surface area contributed by atoms with Crippen LogP contribution in [0, 0.1) is 6.92 Å². The third kappa shape index (κ3) is 3.39. The first kappa shape index (κ1) is 15.6. The third-order valence-electron chi connectivity index (χ3n) is 3.46. The Bertz CT molecular complexity index is 842. The van der Waals surface area contributed by atoms with Crippen LogP contribution in [-0.2, 0) is 0 Å². The van der Waals surface area contributed by atoms with Gasteiger partial charge in [-0.05, 0) is 31.5 Å². The van der Waals surface area contributed by atoms with E-state index in [0.29, 0.717) is 11.8 Å². The Labute approximate surface area is 139 Å². The highest BCUT2D eigenvalue weighted by Crippen LogP contribution is 2.28. The first-order valence-electron chi connectivity index (χ1n) is 7.57. The summed E-state index contributed by atoms with van der Waals surface area (Å²) in [6.45, 7) is 8.18. The number of benzene rings is 1. The molecule has 3 N–H and O–H groups in total. The smallest absolute Gasteiger partial charge is 0.228 e. The molecule has 0 spiro atoms. The van der Waals surface area contributed by atoms with Gasteiger partial charge in [0.15, 0.2) is 0 Å². The normalized spacial score (nSPS) is 12.7. The van der Waals surface area contributed by atoms with Crippen molar-refractivity contribution in [1.29, 1.82) is 0 Å². The Balaban J connectivity index is 1.86. The summed E-state index contributed by atoms with van der Waals surface area (Å²) in [5.74, 6) is 1.61. The van der Waals surface area contributed by atoms with Crippen molar-refractivity contribution in [2.75, 3.05) is 11.1 Å². The van der Waals surface area contributed by atoms with Crippen LogP contribution in [0.2, 0.25) is 0 Å². The van der Waals surface area contributed by atoms with Crippen LogP contribution in [0.5, 0.6) is 0 Å². The average molecular weight is 328 g/mol. The number of hydrogen-bond acceptors (Lipinski definition) is 7. The minimum atomic E-state index is -0.00508. The zero-order valence-electron chi connectivity index (χ0n) is 13.7. The van der Waals surface area contributed by atoms with Crippen molar-refractivity contribution < 1.29 is 0 Å². The van der Waals surface area contributed by atoms with Gasteiger partial charge in [-0.15, -0.1) is 11.3 Å². The van der Waals surface area contributed by atoms with E-state index in [-0.39, 0.29) is 17.9 Å². The highest BCUT2D eigenvalue weighted by molar-refractivity contribution is 7.18. The van der Waals surface area contributed by atoms with Crippen molar-refractivity contribution in [2.24, 2.45) is 0 Å². The molecule has 23 heavy (non-hydrogen) atoms. The number of rotatable bonds is 4. The zero-order chi connectivity index (χ0) is 16.6. The van der Waals surface area contributed by atoms with Gasteiger partial charge in [0.1, 0.15) is 10.8 Å². The second-order valence-corrected chi connectivity index (χ2v) is 6.98. The van der Waals surface area contributed by atoms with E-state index in [4.69, 9.17) is 5.73 Å². The van der Waals surface area contributed by atoms with E-state index in [1.54, 1.807) is 11.3 Å². The predicted molar refractivity (Wildman–Crippen MR) is 94.7 cm³/mol. The molecule has 0 aliphatic rings. The molecule has 0 aliphatic carbocycles. The number of aromatic nitrogens is 4. The fourth-order valence-corrected chi connectivity index (χ4v) is 3.29. The SMILES string of the molecule is Cc1ccc2nc(C(C)Nc3nc(N)nc(C(C)C)n3)sc2c1. The van der Waals surface area contributed by atoms with Crippen LogP contribution >= 0.6 is 11.3 Å². The summed E-state index contributed by atoms with van der Waals surface area (Å²) in [6, 6.07) is 6.27. The van der Waals surface area contributed by atoms with Crippen molar-refractivity contribution in [3.63, 3.8) is 0 Å². The van der Waals surface area contributed by atoms with Crippen LogP contribution in [-0.4, -0.2) is 19.9 Å². The molecule has 1 atom stereocenters. The van der Waals surface area contributed by atoms with Gasteiger partial charge in [0.2, 0.25) is 11.9 Å². The third-order valence-corrected chi connectivity index (χ3v) is 4.66. The Kier molecular flexibility index (Phi) is 4.12. The summed E-state index contributed by atoms with van der Waals surface area (Å²) >= 11 is 1.68. The maximum atomic E-state index is 5.77. The summed E-state index contributed by atoms with van der Waals surface area (Å²) in [4.78, 5) is 17.4. The van der Waals surface area contributed by atoms with Gasteiger partial charge in [-0.1, -0.05) is 19.9 Å². The molecule has 0 saturated carbocycles. The standard InChI is InChI=1S/C16H20N6S/c1-8(2)13-20-15(17)22-16(21-13)18-10(4)14-19-11-6-5-9(3)7-12(11)23-14/h5-8,10H,1-4H3,(H3,17,18,20,21,22). The average Bonchev–Trinajstić information content (AvgIpc) is 2.89. The first-order chi connectivity index (χ1) is 10.9. The molecule has 0 bridgehead atoms. The van der Waals surface area contributed by atoms with Crippen LogP contribution in [0.25, 0.3) is 10.2 Å². The Morgan fingerprint density at radius 3 is 2.61 bits per heavy atom. The summed E-state index contributed by atoms with van der Waals surface area (Å²) in [7, 11) is 0. The lowest BCUT2D eigenvalue weighted by molar-refractivity contribution is 0.755. The van der Waals surface area contributed by atoms with E-state index >= 15 is 0 Å². The lowest BCUT2D eigenvalue weighted by Gasteiger charge is -2.12. The molecule has 120 valence electrons. The minimum absolute atomic E-state index is 0.00508. The van der Waals surface area contributed by atoms with Crippen molar-refractivity contribution in [2.45, 2.75) is 39.7 Å². The predicted octanol–water partition coefficient (Wildman–Crippen LogP) is 3.67. The zero-order valence-corrected chi connectivity index (χ0v) is 14.5. The van der Waals surface area contributed by atoms with Crippen LogP contribution in [0.1, 0.15) is 49.1 Å². The summed E-state index contributed by atoms with van der Waals surface area (Å²) in [6.07, 6.45) is 0. The lowest BCUT2D eigenvalue weighted by Crippen LogP contribution is -2.13. The minimum Gasteiger partial charge on any atom is -0.368 e. The van der Waals surface area contributed by atoms with E-state index in [2.05, 4.69) is 50.4 Å². The first-order valence-corrected chi connectivity index (χ1v) is 8.39. The van der Waals surface area contributed by atoms with Crippen LogP contribution in [0.3, 0.4) is 0 Å². The number of nitrogen functional groups attached to an aromatic ring is 1. The maximum absolute atomic E-state index is 5.77. The molecule has 2 aromatic heterocycles. The molecule has 0 amide bonds. The summed E-state index contributed by atoms with van der Waals surface area (Å²) < 4.78 is 1.19. The van der Waals surface area contributed by atoms with E-state index in [1.807, 2.05) is 20.8 Å². The second kappa shape index (κ2) is 6.08. The summed E-state index contributed by atoms with van der Waals surface area (Å²) in [5.41, 5.74) is 8.03. The number of hydrogen-bond donors (Lipinski definition) is 2. The fourth-order valence-electron chi connectivity index (χ4n) is 2.22. The number of aryl methyl sites for hydroxylation is 1. The second-order valence-electron chi connectivity index (χ2n) is 5.92. The van der Waals surface area contributed by atoms with Crippen molar-refractivity contribution in [3.8, 4) is 0 Å². The maximum Gasteiger partial charge on any atom is 0.228 e. The largest absolute Gasteiger partial charge is 0.368 e. The molecular formula is C16H20N6S. The molecule has 3 aromatic rings. The van der Waals surface area contributed by atoms with Gasteiger partial charge in [-0.25, -0.2) is 4.98 Å². The van der Waals surface area contributed by atoms with Gasteiger partial charge in [-0.3, -0.25) is 0 Å². The number of thiazole rings is 1. The Morgan fingerprint density at radius 1 is 1.09 bits per heavy atom. The van der Waals surface area contributed by atoms with E-state index in [1.165, 1.54) is 10.3 Å². The number of nitrogens with zero attached hydrogens (tertiary/aromatic N) is 4. The molecule has 7 heteroatoms. The van der Waals surface area contributed by atoms with Crippen molar-refractivity contribution >= 4 is 33.5 Å². The Morgan fingerprint density at radius 2 is 1.87 bits per heavy atom. The molecule has 2 heterocycles. The van der Waals surface area contributed by atoms with E-state index < -0.39 is 0 Å². The van der Waals surface area contributed by atoms with Gasteiger partial charge in [-0.2, -0.15) is 15.0 Å². The Hall–Kier alpha value is -2.28. The molecule has 1 unspecified atom stereocenters. The fraction of sp³-hybridized carbons (Fsp3) is 0.375. The number of anilines is 2. The van der Waals surface area contributed by atoms with Gasteiger partial charge < -0.3 is 11.1 Å². The van der Waals surface area contributed by atoms with Gasteiger partial charge >= 0.3 is 0 Å². The van der Waals surface area contributed by atoms with Gasteiger partial charge in [0, 0.05) is 5.92 Å². The lowest BCUT2D eigenvalue weighted by atomic mass is 10.2. The van der Waals surface area contributed by atoms with Crippen LogP contribution in [0.4, 0.5) is 11.9 Å². The molecule has 0 saturated heterocycles. The molecule has 0 aliphatic heterocycles. The van der Waals surface area contributed by atoms with Gasteiger partial charge in [0.05, 0.1) is 16.3 Å². The molecule has 6 nitrogen and oxygen atoms in total. The quantitative estimate of drug-likeness (QED) is 0.759. The summed E-state index contributed by atoms with van der Waals surface area (Å²) in [5, 5.41) is 4.27. The number of fused-ring (bicyclic) bond motifs is 1. The topological polar surface area (TPSA) is 89.6 Å². The molecule has 1 aromatic carbocycles. The molecule has 0 fully saturated rings. The number of nitrogens with one attached hydrogen (secondary N) is 1. The monoisotopic (exact) mass is 328 g/mol. The molecule has 3 rings (SSSR count). The van der Waals surface area contributed by atoms with E-state index in [0.717, 1.165) is 10.5 Å². The highest BCUT2D eigenvalue weighted by atomic mass is 32.1.